The van der Waals surface area contributed by atoms with E-state index in [2.05, 4.69) is 20.4 Å². The van der Waals surface area contributed by atoms with Crippen molar-refractivity contribution in [3.05, 3.63) is 46.3 Å². The monoisotopic (exact) mass is 524 g/mol. The van der Waals surface area contributed by atoms with Crippen LogP contribution >= 0.6 is 7.75 Å². The van der Waals surface area contributed by atoms with Gasteiger partial charge in [0, 0.05) is 25.0 Å². The Kier molecular flexibility index (Phi) is 9.43. The van der Waals surface area contributed by atoms with Crippen molar-refractivity contribution < 1.29 is 37.5 Å². The highest BCUT2D eigenvalue weighted by molar-refractivity contribution is 7.51. The number of hydrogen-bond donors (Lipinski definition) is 2. The van der Waals surface area contributed by atoms with E-state index in [0.29, 0.717) is 0 Å². The molecule has 15 heteroatoms. The molecule has 0 aromatic heterocycles. The molecule has 0 radical (unpaired) electrons. The lowest BCUT2D eigenvalue weighted by molar-refractivity contribution is -0.142. The molecule has 3 amide bonds. The number of rotatable bonds is 11. The molecule has 3 rings (SSSR count). The second kappa shape index (κ2) is 12.3. The fourth-order valence-electron chi connectivity index (χ4n) is 3.93. The third kappa shape index (κ3) is 6.82. The Morgan fingerprint density at radius 2 is 2.08 bits per heavy atom. The van der Waals surface area contributed by atoms with Crippen LogP contribution in [0.3, 0.4) is 0 Å². The molecule has 36 heavy (non-hydrogen) atoms. The lowest BCUT2D eigenvalue weighted by atomic mass is 10.1. The molecular weight excluding hydrogens is 495 g/mol. The van der Waals surface area contributed by atoms with Crippen LogP contribution in [0.4, 0.5) is 4.79 Å². The van der Waals surface area contributed by atoms with Crippen molar-refractivity contribution in [2.75, 3.05) is 27.4 Å². The SMILES string of the molecule is COC(=O)[C@H](Cc1ccccc1)NP(=O)(OC)OC[C@H]1O[C@@H](N2CC(C)C(=O)NC2=O)C[C@@H]1N=[N+]=[N-]. The molecule has 2 heterocycles. The molecule has 0 aliphatic carbocycles. The summed E-state index contributed by atoms with van der Waals surface area (Å²) < 4.78 is 34.7. The van der Waals surface area contributed by atoms with E-state index in [-0.39, 0.29) is 31.9 Å². The van der Waals surface area contributed by atoms with Gasteiger partial charge in [-0.2, -0.15) is 0 Å². The van der Waals surface area contributed by atoms with E-state index >= 15 is 0 Å². The summed E-state index contributed by atoms with van der Waals surface area (Å²) in [6.07, 6.45) is -1.35. The van der Waals surface area contributed by atoms with Crippen LogP contribution in [0.1, 0.15) is 18.9 Å². The standard InChI is InChI=1S/C21H29N6O8P/c1-13-11-27(21(30)23-19(13)28)18-10-15(24-26-22)17(35-18)12-34-36(31,33-3)25-16(20(29)32-2)9-14-7-5-4-6-8-14/h4-8,13,15-18H,9-12H2,1-3H3,(H,25,31)(H,23,28,30)/t13?,15-,16-,17+,18+,36?/m0/s1. The lowest BCUT2D eigenvalue weighted by Gasteiger charge is -2.34. The molecule has 2 fully saturated rings. The van der Waals surface area contributed by atoms with Gasteiger partial charge in [-0.05, 0) is 17.5 Å². The summed E-state index contributed by atoms with van der Waals surface area (Å²) in [6, 6.07) is 6.65. The van der Waals surface area contributed by atoms with E-state index in [0.717, 1.165) is 12.7 Å². The van der Waals surface area contributed by atoms with Crippen LogP contribution in [-0.4, -0.2) is 74.6 Å². The van der Waals surface area contributed by atoms with Gasteiger partial charge in [0.25, 0.3) is 0 Å². The number of azide groups is 1. The van der Waals surface area contributed by atoms with Crippen LogP contribution in [-0.2, 0) is 39.1 Å². The van der Waals surface area contributed by atoms with E-state index in [4.69, 9.17) is 24.1 Å². The van der Waals surface area contributed by atoms with Crippen molar-refractivity contribution >= 4 is 25.7 Å². The zero-order valence-electron chi connectivity index (χ0n) is 20.1. The molecule has 2 aliphatic rings. The van der Waals surface area contributed by atoms with Gasteiger partial charge in [-0.15, -0.1) is 0 Å². The minimum atomic E-state index is -4.04. The molecule has 2 N–H and O–H groups in total. The van der Waals surface area contributed by atoms with Crippen LogP contribution in [0.2, 0.25) is 0 Å². The zero-order chi connectivity index (χ0) is 26.3. The molecule has 196 valence electrons. The molecule has 0 saturated carbocycles. The maximum Gasteiger partial charge on any atom is 0.406 e. The third-order valence-corrected chi connectivity index (χ3v) is 7.49. The minimum absolute atomic E-state index is 0.129. The van der Waals surface area contributed by atoms with Gasteiger partial charge in [-0.3, -0.25) is 24.3 Å². The summed E-state index contributed by atoms with van der Waals surface area (Å²) in [5.41, 5.74) is 9.77. The number of amides is 3. The van der Waals surface area contributed by atoms with Gasteiger partial charge in [-0.1, -0.05) is 42.4 Å². The van der Waals surface area contributed by atoms with Crippen molar-refractivity contribution in [2.24, 2.45) is 11.0 Å². The van der Waals surface area contributed by atoms with Crippen molar-refractivity contribution in [3.63, 3.8) is 0 Å². The third-order valence-electron chi connectivity index (χ3n) is 5.89. The van der Waals surface area contributed by atoms with Gasteiger partial charge < -0.3 is 14.0 Å². The number of nitrogens with zero attached hydrogens (tertiary/aromatic N) is 4. The zero-order valence-corrected chi connectivity index (χ0v) is 21.0. The molecule has 0 bridgehead atoms. The van der Waals surface area contributed by atoms with Gasteiger partial charge >= 0.3 is 19.7 Å². The Morgan fingerprint density at radius 1 is 1.36 bits per heavy atom. The molecule has 6 atom stereocenters. The maximum atomic E-state index is 13.3. The van der Waals surface area contributed by atoms with Crippen molar-refractivity contribution in [1.82, 2.24) is 15.3 Å². The lowest BCUT2D eigenvalue weighted by Crippen LogP contribution is -2.57. The number of imide groups is 1. The Labute approximate surface area is 207 Å². The summed E-state index contributed by atoms with van der Waals surface area (Å²) in [5.74, 6) is -1.50. The first-order valence-corrected chi connectivity index (χ1v) is 12.7. The van der Waals surface area contributed by atoms with Crippen LogP contribution in [0, 0.1) is 5.92 Å². The maximum absolute atomic E-state index is 13.3. The topological polar surface area (TPSA) is 181 Å². The largest absolute Gasteiger partial charge is 0.468 e. The number of carbonyl (C=O) groups is 3. The Balaban J connectivity index is 1.68. The second-order valence-corrected chi connectivity index (χ2v) is 10.2. The minimum Gasteiger partial charge on any atom is -0.468 e. The van der Waals surface area contributed by atoms with Crippen LogP contribution in [0.15, 0.2) is 35.4 Å². The summed E-state index contributed by atoms with van der Waals surface area (Å²) in [5, 5.41) is 8.58. The van der Waals surface area contributed by atoms with Crippen LogP contribution in [0.25, 0.3) is 10.4 Å². The average Bonchev–Trinajstić information content (AvgIpc) is 3.27. The molecule has 2 unspecified atom stereocenters. The number of carbonyl (C=O) groups excluding carboxylic acids is 3. The van der Waals surface area contributed by atoms with Crippen molar-refractivity contribution in [1.29, 1.82) is 0 Å². The van der Waals surface area contributed by atoms with Crippen LogP contribution < -0.4 is 10.4 Å². The average molecular weight is 524 g/mol. The first kappa shape index (κ1) is 27.6. The smallest absolute Gasteiger partial charge is 0.406 e. The van der Waals surface area contributed by atoms with E-state index in [1.807, 2.05) is 6.07 Å². The number of urea groups is 1. The molecular formula is C21H29N6O8P. The van der Waals surface area contributed by atoms with E-state index < -0.39 is 50.1 Å². The Morgan fingerprint density at radius 3 is 2.72 bits per heavy atom. The Hall–Kier alpha value is -2.99. The first-order valence-electron chi connectivity index (χ1n) is 11.2. The Bertz CT molecular complexity index is 1050. The normalized spacial score (nSPS) is 26.5. The quantitative estimate of drug-likeness (QED) is 0.144. The van der Waals surface area contributed by atoms with E-state index in [9.17, 15) is 18.9 Å². The highest BCUT2D eigenvalue weighted by Gasteiger charge is 2.44. The van der Waals surface area contributed by atoms with Crippen molar-refractivity contribution in [2.45, 2.75) is 44.2 Å². The van der Waals surface area contributed by atoms with Gasteiger partial charge in [0.15, 0.2) is 0 Å². The number of esters is 1. The number of nitrogens with one attached hydrogen (secondary N) is 2. The molecule has 14 nitrogen and oxygen atoms in total. The predicted molar refractivity (Wildman–Crippen MR) is 125 cm³/mol. The van der Waals surface area contributed by atoms with Gasteiger partial charge in [0.2, 0.25) is 5.91 Å². The molecule has 1 aromatic rings. The van der Waals surface area contributed by atoms with Crippen LogP contribution in [0.5, 0.6) is 0 Å². The summed E-state index contributed by atoms with van der Waals surface area (Å²) in [4.78, 5) is 40.6. The van der Waals surface area contributed by atoms with E-state index in [1.165, 1.54) is 12.0 Å². The second-order valence-electron chi connectivity index (χ2n) is 8.36. The molecule has 2 aliphatic heterocycles. The number of ether oxygens (including phenoxy) is 2. The fraction of sp³-hybridized carbons (Fsp3) is 0.571. The highest BCUT2D eigenvalue weighted by Crippen LogP contribution is 2.44. The predicted octanol–water partition coefficient (Wildman–Crippen LogP) is 2.11. The number of hydrogen-bond acceptors (Lipinski definition) is 9. The summed E-state index contributed by atoms with van der Waals surface area (Å²) >= 11 is 0. The van der Waals surface area contributed by atoms with E-state index in [1.54, 1.807) is 31.2 Å². The molecule has 0 spiro atoms. The number of methoxy groups -OCH3 is 1. The highest BCUT2D eigenvalue weighted by atomic mass is 31.2. The van der Waals surface area contributed by atoms with Gasteiger partial charge in [0.05, 0.1) is 31.8 Å². The van der Waals surface area contributed by atoms with Crippen molar-refractivity contribution in [3.8, 4) is 0 Å². The first-order chi connectivity index (χ1) is 17.2. The molecule has 1 aromatic carbocycles. The summed E-state index contributed by atoms with van der Waals surface area (Å²) in [7, 11) is -1.68. The molecule has 2 saturated heterocycles. The number of benzene rings is 1. The fourth-order valence-corrected chi connectivity index (χ4v) is 5.14. The van der Waals surface area contributed by atoms with Gasteiger partial charge in [-0.25, -0.2) is 14.4 Å². The van der Waals surface area contributed by atoms with Gasteiger partial charge in [0.1, 0.15) is 12.3 Å². The summed E-state index contributed by atoms with van der Waals surface area (Å²) in [6.45, 7) is 1.47.